The second-order valence-electron chi connectivity index (χ2n) is 6.40. The van der Waals surface area contributed by atoms with Crippen LogP contribution in [0.25, 0.3) is 6.08 Å². The van der Waals surface area contributed by atoms with Crippen LogP contribution in [0.15, 0.2) is 76.1 Å². The molecule has 0 fully saturated rings. The maximum Gasteiger partial charge on any atom is 0.328 e. The first kappa shape index (κ1) is 21.1. The Morgan fingerprint density at radius 1 is 1.14 bits per heavy atom. The van der Waals surface area contributed by atoms with Crippen molar-refractivity contribution in [3.63, 3.8) is 0 Å². The molecule has 0 aliphatic rings. The van der Waals surface area contributed by atoms with Gasteiger partial charge >= 0.3 is 5.97 Å². The van der Waals surface area contributed by atoms with Crippen LogP contribution in [0, 0.1) is 12.7 Å². The zero-order chi connectivity index (χ0) is 20.8. The quantitative estimate of drug-likeness (QED) is 0.286. The van der Waals surface area contributed by atoms with E-state index in [1.807, 2.05) is 43.3 Å². The molecule has 3 aromatic carbocycles. The first-order chi connectivity index (χ1) is 13.9. The maximum atomic E-state index is 14.0. The van der Waals surface area contributed by atoms with Crippen LogP contribution < -0.4 is 5.32 Å². The molecule has 0 bridgehead atoms. The molecule has 0 spiro atoms. The summed E-state index contributed by atoms with van der Waals surface area (Å²) < 4.78 is 14.4. The number of anilines is 2. The van der Waals surface area contributed by atoms with E-state index in [0.717, 1.165) is 22.3 Å². The number of aliphatic carboxylic acids is 1. The van der Waals surface area contributed by atoms with Crippen LogP contribution in [-0.2, 0) is 10.5 Å². The van der Waals surface area contributed by atoms with Gasteiger partial charge in [0, 0.05) is 28.1 Å². The van der Waals surface area contributed by atoms with E-state index in [1.165, 1.54) is 11.6 Å². The van der Waals surface area contributed by atoms with Gasteiger partial charge in [0.15, 0.2) is 0 Å². The molecule has 3 rings (SSSR count). The van der Waals surface area contributed by atoms with Gasteiger partial charge in [-0.15, -0.1) is 11.8 Å². The first-order valence-electron chi connectivity index (χ1n) is 8.87. The number of thioether (sulfide) groups is 1. The third kappa shape index (κ3) is 5.95. The predicted molar refractivity (Wildman–Crippen MR) is 121 cm³/mol. The van der Waals surface area contributed by atoms with Crippen molar-refractivity contribution in [1.29, 1.82) is 0 Å². The lowest BCUT2D eigenvalue weighted by Gasteiger charge is -2.14. The molecule has 0 aliphatic carbocycles. The highest BCUT2D eigenvalue weighted by Crippen LogP contribution is 2.32. The molecule has 0 aliphatic heterocycles. The Labute approximate surface area is 181 Å². The van der Waals surface area contributed by atoms with Crippen molar-refractivity contribution < 1.29 is 14.3 Å². The summed E-state index contributed by atoms with van der Waals surface area (Å²) in [6.45, 7) is 1.88. The highest BCUT2D eigenvalue weighted by molar-refractivity contribution is 9.10. The summed E-state index contributed by atoms with van der Waals surface area (Å²) in [7, 11) is 0. The number of carboxylic acid groups (broad SMARTS) is 1. The Hall–Kier alpha value is -2.57. The van der Waals surface area contributed by atoms with Crippen LogP contribution in [0.2, 0.25) is 0 Å². The van der Waals surface area contributed by atoms with E-state index in [4.69, 9.17) is 5.11 Å². The second kappa shape index (κ2) is 9.76. The van der Waals surface area contributed by atoms with Crippen LogP contribution in [0.1, 0.15) is 16.7 Å². The van der Waals surface area contributed by atoms with Gasteiger partial charge in [0.1, 0.15) is 5.82 Å². The summed E-state index contributed by atoms with van der Waals surface area (Å²) in [4.78, 5) is 12.0. The molecule has 2 N–H and O–H groups in total. The predicted octanol–water partition coefficient (Wildman–Crippen LogP) is 7.03. The number of halogens is 2. The van der Waals surface area contributed by atoms with Crippen LogP contribution in [-0.4, -0.2) is 11.1 Å². The molecule has 0 saturated carbocycles. The van der Waals surface area contributed by atoms with E-state index in [2.05, 4.69) is 33.4 Å². The molecule has 3 aromatic rings. The van der Waals surface area contributed by atoms with Crippen LogP contribution >= 0.6 is 27.7 Å². The fourth-order valence-electron chi connectivity index (χ4n) is 2.71. The SMILES string of the molecule is Cc1cc(Br)c(F)cc1Nc1ccc(SCc2ccccc2)cc1C=CC(=O)O. The molecule has 0 saturated heterocycles. The smallest absolute Gasteiger partial charge is 0.328 e. The van der Waals surface area contributed by atoms with Crippen molar-refractivity contribution in [1.82, 2.24) is 0 Å². The lowest BCUT2D eigenvalue weighted by atomic mass is 10.1. The molecule has 0 unspecified atom stereocenters. The number of carboxylic acids is 1. The molecule has 29 heavy (non-hydrogen) atoms. The second-order valence-corrected chi connectivity index (χ2v) is 8.30. The van der Waals surface area contributed by atoms with Crippen molar-refractivity contribution in [3.05, 3.63) is 93.7 Å². The number of aryl methyl sites for hydroxylation is 1. The average Bonchev–Trinajstić information content (AvgIpc) is 2.70. The van der Waals surface area contributed by atoms with E-state index in [1.54, 1.807) is 23.9 Å². The summed E-state index contributed by atoms with van der Waals surface area (Å²) in [6.07, 6.45) is 2.64. The summed E-state index contributed by atoms with van der Waals surface area (Å²) in [6, 6.07) is 19.0. The van der Waals surface area contributed by atoms with Crippen LogP contribution in [0.3, 0.4) is 0 Å². The molecule has 6 heteroatoms. The summed E-state index contributed by atoms with van der Waals surface area (Å²) in [5.41, 5.74) is 4.13. The highest BCUT2D eigenvalue weighted by atomic mass is 79.9. The van der Waals surface area contributed by atoms with E-state index in [9.17, 15) is 9.18 Å². The van der Waals surface area contributed by atoms with E-state index >= 15 is 0 Å². The van der Waals surface area contributed by atoms with Gasteiger partial charge in [-0.3, -0.25) is 0 Å². The van der Waals surface area contributed by atoms with E-state index in [0.29, 0.717) is 21.4 Å². The molecular formula is C23H19BrFNO2S. The van der Waals surface area contributed by atoms with Gasteiger partial charge in [-0.1, -0.05) is 30.3 Å². The lowest BCUT2D eigenvalue weighted by molar-refractivity contribution is -0.131. The standard InChI is InChI=1S/C23H19BrFNO2S/c1-15-11-19(24)20(25)13-22(15)26-21-9-8-18(12-17(21)7-10-23(27)28)29-14-16-5-3-2-4-6-16/h2-13,26H,14H2,1H3,(H,27,28). The fraction of sp³-hybridized carbons (Fsp3) is 0.0870. The minimum atomic E-state index is -1.02. The van der Waals surface area contributed by atoms with E-state index in [-0.39, 0.29) is 5.82 Å². The highest BCUT2D eigenvalue weighted by Gasteiger charge is 2.09. The third-order valence-electron chi connectivity index (χ3n) is 4.21. The van der Waals surface area contributed by atoms with Crippen molar-refractivity contribution in [2.45, 2.75) is 17.6 Å². The van der Waals surface area contributed by atoms with Crippen molar-refractivity contribution in [3.8, 4) is 0 Å². The van der Waals surface area contributed by atoms with Gasteiger partial charge in [-0.2, -0.15) is 0 Å². The largest absolute Gasteiger partial charge is 0.478 e. The van der Waals surface area contributed by atoms with Gasteiger partial charge in [0.05, 0.1) is 4.47 Å². The summed E-state index contributed by atoms with van der Waals surface area (Å²) in [5, 5.41) is 12.2. The maximum absolute atomic E-state index is 14.0. The Kier molecular flexibility index (Phi) is 7.12. The Bertz CT molecular complexity index is 1050. The van der Waals surface area contributed by atoms with Gasteiger partial charge in [0.25, 0.3) is 0 Å². The van der Waals surface area contributed by atoms with Crippen LogP contribution in [0.4, 0.5) is 15.8 Å². The van der Waals surface area contributed by atoms with Crippen molar-refractivity contribution >= 4 is 51.1 Å². The van der Waals surface area contributed by atoms with Crippen molar-refractivity contribution in [2.24, 2.45) is 0 Å². The number of hydrogen-bond acceptors (Lipinski definition) is 3. The monoisotopic (exact) mass is 471 g/mol. The van der Waals surface area contributed by atoms with Gasteiger partial charge in [-0.25, -0.2) is 9.18 Å². The minimum Gasteiger partial charge on any atom is -0.478 e. The Morgan fingerprint density at radius 2 is 1.90 bits per heavy atom. The molecule has 3 nitrogen and oxygen atoms in total. The average molecular weight is 472 g/mol. The lowest BCUT2D eigenvalue weighted by Crippen LogP contribution is -1.98. The minimum absolute atomic E-state index is 0.365. The molecular weight excluding hydrogens is 453 g/mol. The zero-order valence-electron chi connectivity index (χ0n) is 15.7. The first-order valence-corrected chi connectivity index (χ1v) is 10.6. The molecule has 0 amide bonds. The van der Waals surface area contributed by atoms with Gasteiger partial charge in [-0.05, 0) is 76.0 Å². The normalized spacial score (nSPS) is 11.0. The molecule has 0 atom stereocenters. The molecule has 0 aromatic heterocycles. The van der Waals surface area contributed by atoms with Gasteiger partial charge in [0.2, 0.25) is 0 Å². The number of benzene rings is 3. The number of nitrogens with one attached hydrogen (secondary N) is 1. The Morgan fingerprint density at radius 3 is 2.62 bits per heavy atom. The number of rotatable bonds is 7. The third-order valence-corrected chi connectivity index (χ3v) is 5.89. The van der Waals surface area contributed by atoms with Crippen LogP contribution in [0.5, 0.6) is 0 Å². The summed E-state index contributed by atoms with van der Waals surface area (Å²) in [5.74, 6) is -0.577. The molecule has 0 radical (unpaired) electrons. The number of carbonyl (C=O) groups is 1. The Balaban J connectivity index is 1.88. The zero-order valence-corrected chi connectivity index (χ0v) is 18.1. The van der Waals surface area contributed by atoms with Gasteiger partial charge < -0.3 is 10.4 Å². The topological polar surface area (TPSA) is 49.3 Å². The van der Waals surface area contributed by atoms with E-state index < -0.39 is 5.97 Å². The summed E-state index contributed by atoms with van der Waals surface area (Å²) >= 11 is 4.85. The fourth-order valence-corrected chi connectivity index (χ4v) is 4.07. The molecule has 148 valence electrons. The number of hydrogen-bond donors (Lipinski definition) is 2. The molecule has 0 heterocycles. The van der Waals surface area contributed by atoms with Crippen molar-refractivity contribution in [2.75, 3.05) is 5.32 Å².